The Morgan fingerprint density at radius 3 is 2.66 bits per heavy atom. The first-order valence-corrected chi connectivity index (χ1v) is 10.5. The molecule has 0 unspecified atom stereocenters. The minimum Gasteiger partial charge on any atom is -0.352 e. The predicted octanol–water partition coefficient (Wildman–Crippen LogP) is 3.17. The standard InChI is InChI=1S/C21H23N5O2S/c1-3-17-12-18-19(22-13-23-20(18)29-17)25-7-9-26(10-8-25)21(28)15-5-4-6-16(11-15)24-14(2)27/h4-6,11-13H,3,7-10H2,1-2H3,(H,24,27). The highest BCUT2D eigenvalue weighted by atomic mass is 32.1. The quantitative estimate of drug-likeness (QED) is 0.716. The van der Waals surface area contributed by atoms with Crippen molar-refractivity contribution in [3.05, 3.63) is 47.1 Å². The Morgan fingerprint density at radius 1 is 1.14 bits per heavy atom. The summed E-state index contributed by atoms with van der Waals surface area (Å²) in [4.78, 5) is 39.5. The molecule has 0 radical (unpaired) electrons. The predicted molar refractivity (Wildman–Crippen MR) is 116 cm³/mol. The Hall–Kier alpha value is -3.00. The molecular formula is C21H23N5O2S. The molecule has 1 aliphatic rings. The number of nitrogens with zero attached hydrogens (tertiary/aromatic N) is 4. The lowest BCUT2D eigenvalue weighted by molar-refractivity contribution is -0.114. The fraction of sp³-hybridized carbons (Fsp3) is 0.333. The summed E-state index contributed by atoms with van der Waals surface area (Å²) < 4.78 is 0. The fourth-order valence-corrected chi connectivity index (χ4v) is 4.49. The van der Waals surface area contributed by atoms with E-state index < -0.39 is 0 Å². The zero-order chi connectivity index (χ0) is 20.4. The maximum absolute atomic E-state index is 12.9. The van der Waals surface area contributed by atoms with E-state index in [1.807, 2.05) is 4.90 Å². The average molecular weight is 410 g/mol. The van der Waals surface area contributed by atoms with Crippen molar-refractivity contribution >= 4 is 44.9 Å². The van der Waals surface area contributed by atoms with Gasteiger partial charge in [-0.3, -0.25) is 9.59 Å². The Morgan fingerprint density at radius 2 is 1.93 bits per heavy atom. The zero-order valence-electron chi connectivity index (χ0n) is 16.5. The second-order valence-corrected chi connectivity index (χ2v) is 8.14. The monoisotopic (exact) mass is 409 g/mol. The van der Waals surface area contributed by atoms with Gasteiger partial charge in [0.05, 0.1) is 5.39 Å². The number of hydrogen-bond acceptors (Lipinski definition) is 6. The first-order valence-electron chi connectivity index (χ1n) is 9.70. The van der Waals surface area contributed by atoms with Crippen molar-refractivity contribution in [3.63, 3.8) is 0 Å². The number of aromatic nitrogens is 2. The van der Waals surface area contributed by atoms with Crippen LogP contribution in [0.5, 0.6) is 0 Å². The molecule has 7 nitrogen and oxygen atoms in total. The minimum absolute atomic E-state index is 0.0199. The first kappa shape index (κ1) is 19.3. The number of fused-ring (bicyclic) bond motifs is 1. The summed E-state index contributed by atoms with van der Waals surface area (Å²) in [7, 11) is 0. The molecule has 0 atom stereocenters. The van der Waals surface area contributed by atoms with Crippen molar-refractivity contribution in [1.82, 2.24) is 14.9 Å². The van der Waals surface area contributed by atoms with Crippen LogP contribution in [0, 0.1) is 0 Å². The molecular weight excluding hydrogens is 386 g/mol. The van der Waals surface area contributed by atoms with Crippen LogP contribution in [0.15, 0.2) is 36.7 Å². The lowest BCUT2D eigenvalue weighted by atomic mass is 10.1. The van der Waals surface area contributed by atoms with Crippen molar-refractivity contribution in [2.45, 2.75) is 20.3 Å². The molecule has 150 valence electrons. The molecule has 0 spiro atoms. The molecule has 1 saturated heterocycles. The van der Waals surface area contributed by atoms with E-state index >= 15 is 0 Å². The molecule has 1 aliphatic heterocycles. The summed E-state index contributed by atoms with van der Waals surface area (Å²) in [5.74, 6) is 0.776. The molecule has 0 saturated carbocycles. The molecule has 1 fully saturated rings. The molecule has 3 aromatic rings. The van der Waals surface area contributed by atoms with Crippen LogP contribution in [0.4, 0.5) is 11.5 Å². The van der Waals surface area contributed by atoms with Gasteiger partial charge in [-0.25, -0.2) is 9.97 Å². The van der Waals surface area contributed by atoms with Crippen molar-refractivity contribution < 1.29 is 9.59 Å². The van der Waals surface area contributed by atoms with Crippen molar-refractivity contribution in [1.29, 1.82) is 0 Å². The third-order valence-corrected chi connectivity index (χ3v) is 6.19. The van der Waals surface area contributed by atoms with Crippen molar-refractivity contribution in [2.24, 2.45) is 0 Å². The maximum atomic E-state index is 12.9. The van der Waals surface area contributed by atoms with Crippen LogP contribution in [0.3, 0.4) is 0 Å². The van der Waals surface area contributed by atoms with Crippen LogP contribution >= 0.6 is 11.3 Å². The molecule has 0 aliphatic carbocycles. The topological polar surface area (TPSA) is 78.4 Å². The second kappa shape index (κ2) is 8.16. The van der Waals surface area contributed by atoms with Crippen LogP contribution in [-0.4, -0.2) is 52.9 Å². The van der Waals surface area contributed by atoms with Gasteiger partial charge in [0.1, 0.15) is 17.0 Å². The molecule has 0 bridgehead atoms. The van der Waals surface area contributed by atoms with Crippen LogP contribution in [-0.2, 0) is 11.2 Å². The van der Waals surface area contributed by atoms with Gasteiger partial charge in [0.15, 0.2) is 0 Å². The number of aryl methyl sites for hydroxylation is 1. The minimum atomic E-state index is -0.154. The fourth-order valence-electron chi connectivity index (χ4n) is 3.56. The third kappa shape index (κ3) is 4.07. The SMILES string of the molecule is CCc1cc2c(N3CCN(C(=O)c4cccc(NC(C)=O)c4)CC3)ncnc2s1. The van der Waals surface area contributed by atoms with E-state index in [0.717, 1.165) is 35.5 Å². The Kier molecular flexibility index (Phi) is 5.44. The highest BCUT2D eigenvalue weighted by Gasteiger charge is 2.24. The van der Waals surface area contributed by atoms with E-state index in [9.17, 15) is 9.59 Å². The van der Waals surface area contributed by atoms with Crippen LogP contribution in [0.25, 0.3) is 10.2 Å². The van der Waals surface area contributed by atoms with Crippen LogP contribution < -0.4 is 10.2 Å². The van der Waals surface area contributed by atoms with E-state index in [-0.39, 0.29) is 11.8 Å². The molecule has 1 aromatic carbocycles. The van der Waals surface area contributed by atoms with E-state index in [0.29, 0.717) is 24.3 Å². The van der Waals surface area contributed by atoms with E-state index in [1.165, 1.54) is 11.8 Å². The number of carbonyl (C=O) groups excluding carboxylic acids is 2. The van der Waals surface area contributed by atoms with E-state index in [1.54, 1.807) is 41.9 Å². The third-order valence-electron chi connectivity index (χ3n) is 5.00. The van der Waals surface area contributed by atoms with Gasteiger partial charge in [0.25, 0.3) is 5.91 Å². The summed E-state index contributed by atoms with van der Waals surface area (Å²) in [6.45, 7) is 6.29. The normalized spacial score (nSPS) is 14.3. The van der Waals surface area contributed by atoms with Crippen LogP contribution in [0.2, 0.25) is 0 Å². The smallest absolute Gasteiger partial charge is 0.254 e. The van der Waals surface area contributed by atoms with E-state index in [2.05, 4.69) is 33.2 Å². The van der Waals surface area contributed by atoms with Gasteiger partial charge in [-0.1, -0.05) is 13.0 Å². The van der Waals surface area contributed by atoms with E-state index in [4.69, 9.17) is 0 Å². The van der Waals surface area contributed by atoms with Crippen molar-refractivity contribution in [3.8, 4) is 0 Å². The average Bonchev–Trinajstić information content (AvgIpc) is 3.16. The molecule has 4 rings (SSSR count). The summed E-state index contributed by atoms with van der Waals surface area (Å²) in [5, 5.41) is 3.82. The number of hydrogen-bond donors (Lipinski definition) is 1. The molecule has 2 aromatic heterocycles. The zero-order valence-corrected chi connectivity index (χ0v) is 17.3. The highest BCUT2D eigenvalue weighted by molar-refractivity contribution is 7.18. The lowest BCUT2D eigenvalue weighted by Gasteiger charge is -2.35. The summed E-state index contributed by atoms with van der Waals surface area (Å²) in [5.41, 5.74) is 1.22. The number of carbonyl (C=O) groups is 2. The number of amides is 2. The molecule has 3 heterocycles. The second-order valence-electron chi connectivity index (χ2n) is 7.02. The number of anilines is 2. The first-order chi connectivity index (χ1) is 14.0. The Labute approximate surface area is 173 Å². The summed E-state index contributed by atoms with van der Waals surface area (Å²) in [6, 6.07) is 9.25. The summed E-state index contributed by atoms with van der Waals surface area (Å²) in [6.07, 6.45) is 2.61. The largest absolute Gasteiger partial charge is 0.352 e. The number of nitrogens with one attached hydrogen (secondary N) is 1. The molecule has 1 N–H and O–H groups in total. The molecule has 2 amide bonds. The van der Waals surface area contributed by atoms with Gasteiger partial charge in [-0.05, 0) is 30.7 Å². The molecule has 8 heteroatoms. The number of thiophene rings is 1. The Balaban J connectivity index is 1.46. The lowest BCUT2D eigenvalue weighted by Crippen LogP contribution is -2.49. The van der Waals surface area contributed by atoms with Gasteiger partial charge in [-0.15, -0.1) is 11.3 Å². The number of benzene rings is 1. The number of rotatable bonds is 4. The number of piperazine rings is 1. The van der Waals surface area contributed by atoms with Gasteiger partial charge in [-0.2, -0.15) is 0 Å². The van der Waals surface area contributed by atoms with Gasteiger partial charge < -0.3 is 15.1 Å². The van der Waals surface area contributed by atoms with Gasteiger partial charge in [0, 0.05) is 49.2 Å². The van der Waals surface area contributed by atoms with Crippen molar-refractivity contribution in [2.75, 3.05) is 36.4 Å². The van der Waals surface area contributed by atoms with Gasteiger partial charge in [0.2, 0.25) is 5.91 Å². The highest BCUT2D eigenvalue weighted by Crippen LogP contribution is 2.31. The van der Waals surface area contributed by atoms with Gasteiger partial charge >= 0.3 is 0 Å². The maximum Gasteiger partial charge on any atom is 0.254 e. The van der Waals surface area contributed by atoms with Crippen LogP contribution in [0.1, 0.15) is 29.1 Å². The summed E-state index contributed by atoms with van der Waals surface area (Å²) >= 11 is 1.71. The molecule has 29 heavy (non-hydrogen) atoms. The Bertz CT molecular complexity index is 1060.